The molecule has 0 unspecified atom stereocenters. The van der Waals surface area contributed by atoms with E-state index in [0.717, 1.165) is 25.2 Å². The highest BCUT2D eigenvalue weighted by molar-refractivity contribution is 7.92. The van der Waals surface area contributed by atoms with Crippen molar-refractivity contribution in [2.45, 2.75) is 25.7 Å². The Bertz CT molecular complexity index is 1130. The number of methoxy groups -OCH3 is 1. The highest BCUT2D eigenvalue weighted by Crippen LogP contribution is 2.34. The number of anilines is 1. The summed E-state index contributed by atoms with van der Waals surface area (Å²) in [7, 11) is -2.26. The molecule has 9 heteroatoms. The van der Waals surface area contributed by atoms with Crippen LogP contribution < -0.4 is 14.2 Å². The predicted octanol–water partition coefficient (Wildman–Crippen LogP) is 3.47. The second kappa shape index (κ2) is 9.93. The van der Waals surface area contributed by atoms with Gasteiger partial charge < -0.3 is 14.4 Å². The molecule has 0 radical (unpaired) electrons. The molecule has 1 N–H and O–H groups in total. The van der Waals surface area contributed by atoms with Gasteiger partial charge in [0.05, 0.1) is 17.5 Å². The van der Waals surface area contributed by atoms with Crippen molar-refractivity contribution in [3.8, 4) is 11.5 Å². The van der Waals surface area contributed by atoms with Gasteiger partial charge in [0.25, 0.3) is 10.0 Å². The molecule has 0 aliphatic rings. The monoisotopic (exact) mass is 444 g/mol. The molecular weight excluding hydrogens is 416 g/mol. The van der Waals surface area contributed by atoms with Crippen LogP contribution in [0, 0.1) is 6.92 Å². The molecule has 0 bridgehead atoms. The van der Waals surface area contributed by atoms with Crippen LogP contribution in [0.25, 0.3) is 10.9 Å². The number of rotatable bonds is 10. The minimum atomic E-state index is -3.80. The molecule has 1 aromatic heterocycles. The molecule has 3 rings (SSSR count). The van der Waals surface area contributed by atoms with Crippen LogP contribution in [0.5, 0.6) is 11.5 Å². The fourth-order valence-corrected chi connectivity index (χ4v) is 4.18. The number of nitrogens with one attached hydrogen (secondary N) is 1. The maximum Gasteiger partial charge on any atom is 0.263 e. The molecule has 0 saturated carbocycles. The van der Waals surface area contributed by atoms with E-state index in [-0.39, 0.29) is 10.7 Å². The third-order valence-corrected chi connectivity index (χ3v) is 6.40. The minimum Gasteiger partial charge on any atom is -0.493 e. The highest BCUT2D eigenvalue weighted by Gasteiger charge is 2.18. The Hall–Kier alpha value is -2.91. The number of benzene rings is 2. The summed E-state index contributed by atoms with van der Waals surface area (Å²) in [5.74, 6) is 1.21. The Balaban J connectivity index is 1.89. The SMILES string of the molecule is CCN(CC)CCOc1cc2ncnc(NS(=O)(=O)c3ccc(C)cc3)c2cc1OC. The first-order valence-corrected chi connectivity index (χ1v) is 11.6. The third-order valence-electron chi connectivity index (χ3n) is 5.04. The van der Waals surface area contributed by atoms with Crippen molar-refractivity contribution in [3.63, 3.8) is 0 Å². The van der Waals surface area contributed by atoms with Gasteiger partial charge in [-0.2, -0.15) is 0 Å². The Kier molecular flexibility index (Phi) is 7.29. The lowest BCUT2D eigenvalue weighted by Gasteiger charge is -2.19. The summed E-state index contributed by atoms with van der Waals surface area (Å²) in [4.78, 5) is 10.8. The van der Waals surface area contributed by atoms with Crippen LogP contribution in [-0.4, -0.2) is 56.6 Å². The summed E-state index contributed by atoms with van der Waals surface area (Å²) in [6.07, 6.45) is 1.32. The van der Waals surface area contributed by atoms with Crippen molar-refractivity contribution in [1.82, 2.24) is 14.9 Å². The fourth-order valence-electron chi connectivity index (χ4n) is 3.15. The van der Waals surface area contributed by atoms with Gasteiger partial charge in [0, 0.05) is 18.0 Å². The Morgan fingerprint density at radius 2 is 1.74 bits per heavy atom. The molecule has 0 amide bonds. The molecule has 0 aliphatic heterocycles. The zero-order valence-corrected chi connectivity index (χ0v) is 19.1. The maximum absolute atomic E-state index is 12.8. The van der Waals surface area contributed by atoms with E-state index in [1.165, 1.54) is 6.33 Å². The van der Waals surface area contributed by atoms with Crippen LogP contribution in [0.1, 0.15) is 19.4 Å². The number of fused-ring (bicyclic) bond motifs is 1. The standard InChI is InChI=1S/C22H28N4O4S/c1-5-26(6-2)11-12-30-21-14-19-18(13-20(21)29-4)22(24-15-23-19)25-31(27,28)17-9-7-16(3)8-10-17/h7-10,13-15H,5-6,11-12H2,1-4H3,(H,23,24,25). The zero-order valence-electron chi connectivity index (χ0n) is 18.3. The average Bonchev–Trinajstić information content (AvgIpc) is 2.76. The molecule has 166 valence electrons. The summed E-state index contributed by atoms with van der Waals surface area (Å²) in [6.45, 7) is 9.31. The lowest BCUT2D eigenvalue weighted by Crippen LogP contribution is -2.27. The largest absolute Gasteiger partial charge is 0.493 e. The van der Waals surface area contributed by atoms with Gasteiger partial charge in [0.1, 0.15) is 12.9 Å². The first-order chi connectivity index (χ1) is 14.9. The van der Waals surface area contributed by atoms with E-state index < -0.39 is 10.0 Å². The van der Waals surface area contributed by atoms with Gasteiger partial charge in [0.2, 0.25) is 0 Å². The molecule has 31 heavy (non-hydrogen) atoms. The summed E-state index contributed by atoms with van der Waals surface area (Å²) in [5, 5.41) is 0.520. The number of sulfonamides is 1. The molecule has 3 aromatic rings. The third kappa shape index (κ3) is 5.42. The molecule has 1 heterocycles. The molecule has 0 atom stereocenters. The first kappa shape index (κ1) is 22.8. The quantitative estimate of drug-likeness (QED) is 0.512. The van der Waals surface area contributed by atoms with E-state index in [4.69, 9.17) is 9.47 Å². The molecular formula is C22H28N4O4S. The predicted molar refractivity (Wildman–Crippen MR) is 121 cm³/mol. The molecule has 8 nitrogen and oxygen atoms in total. The molecule has 0 aliphatic carbocycles. The van der Waals surface area contributed by atoms with Crippen LogP contribution in [-0.2, 0) is 10.0 Å². The van der Waals surface area contributed by atoms with E-state index in [0.29, 0.717) is 29.0 Å². The molecule has 0 fully saturated rings. The van der Waals surface area contributed by atoms with Crippen LogP contribution in [0.15, 0.2) is 47.6 Å². The molecule has 0 saturated heterocycles. The van der Waals surface area contributed by atoms with E-state index in [2.05, 4.69) is 33.4 Å². The summed E-state index contributed by atoms with van der Waals surface area (Å²) in [5.41, 5.74) is 1.53. The summed E-state index contributed by atoms with van der Waals surface area (Å²) >= 11 is 0. The summed E-state index contributed by atoms with van der Waals surface area (Å²) < 4.78 is 39.6. The molecule has 2 aromatic carbocycles. The topological polar surface area (TPSA) is 93.6 Å². The highest BCUT2D eigenvalue weighted by atomic mass is 32.2. The van der Waals surface area contributed by atoms with Crippen LogP contribution in [0.2, 0.25) is 0 Å². The lowest BCUT2D eigenvalue weighted by atomic mass is 10.2. The first-order valence-electron chi connectivity index (χ1n) is 10.1. The number of hydrogen-bond donors (Lipinski definition) is 1. The van der Waals surface area contributed by atoms with Gasteiger partial charge in [-0.05, 0) is 38.2 Å². The van der Waals surface area contributed by atoms with Crippen molar-refractivity contribution in [2.75, 3.05) is 38.1 Å². The Morgan fingerprint density at radius 1 is 1.03 bits per heavy atom. The second-order valence-corrected chi connectivity index (χ2v) is 8.72. The van der Waals surface area contributed by atoms with E-state index in [1.807, 2.05) is 6.92 Å². The van der Waals surface area contributed by atoms with Gasteiger partial charge in [0.15, 0.2) is 17.3 Å². The maximum atomic E-state index is 12.8. The van der Waals surface area contributed by atoms with Gasteiger partial charge in [-0.25, -0.2) is 18.4 Å². The number of hydrogen-bond acceptors (Lipinski definition) is 7. The van der Waals surface area contributed by atoms with E-state index in [9.17, 15) is 8.42 Å². The zero-order chi connectivity index (χ0) is 22.4. The number of aryl methyl sites for hydroxylation is 1. The van der Waals surface area contributed by atoms with Crippen LogP contribution in [0.4, 0.5) is 5.82 Å². The smallest absolute Gasteiger partial charge is 0.263 e. The van der Waals surface area contributed by atoms with Crippen LogP contribution >= 0.6 is 0 Å². The van der Waals surface area contributed by atoms with E-state index >= 15 is 0 Å². The van der Waals surface area contributed by atoms with Gasteiger partial charge in [-0.1, -0.05) is 31.5 Å². The summed E-state index contributed by atoms with van der Waals surface area (Å²) in [6, 6.07) is 10.0. The Morgan fingerprint density at radius 3 is 2.39 bits per heavy atom. The van der Waals surface area contributed by atoms with Crippen molar-refractivity contribution >= 4 is 26.7 Å². The van der Waals surface area contributed by atoms with Crippen molar-refractivity contribution in [2.24, 2.45) is 0 Å². The second-order valence-electron chi connectivity index (χ2n) is 7.04. The van der Waals surface area contributed by atoms with Crippen molar-refractivity contribution < 1.29 is 17.9 Å². The van der Waals surface area contributed by atoms with Gasteiger partial charge in [-0.15, -0.1) is 0 Å². The average molecular weight is 445 g/mol. The normalized spacial score (nSPS) is 11.6. The fraction of sp³-hybridized carbons (Fsp3) is 0.364. The van der Waals surface area contributed by atoms with Crippen LogP contribution in [0.3, 0.4) is 0 Å². The van der Waals surface area contributed by atoms with Crippen molar-refractivity contribution in [1.29, 1.82) is 0 Å². The lowest BCUT2D eigenvalue weighted by molar-refractivity contribution is 0.217. The van der Waals surface area contributed by atoms with Gasteiger partial charge in [-0.3, -0.25) is 4.72 Å². The van der Waals surface area contributed by atoms with E-state index in [1.54, 1.807) is 43.5 Å². The minimum absolute atomic E-state index is 0.160. The number of likely N-dealkylation sites (N-methyl/N-ethyl adjacent to an activating group) is 1. The van der Waals surface area contributed by atoms with Gasteiger partial charge >= 0.3 is 0 Å². The number of nitrogens with zero attached hydrogens (tertiary/aromatic N) is 3. The Labute approximate surface area is 183 Å². The number of aromatic nitrogens is 2. The van der Waals surface area contributed by atoms with Crippen molar-refractivity contribution in [3.05, 3.63) is 48.3 Å². The number of ether oxygens (including phenoxy) is 2. The molecule has 0 spiro atoms.